The number of morpholine rings is 1. The number of rotatable bonds is 5. The summed E-state index contributed by atoms with van der Waals surface area (Å²) in [5.74, 6) is 2.70. The van der Waals surface area contributed by atoms with Crippen molar-refractivity contribution in [2.24, 2.45) is 0 Å². The Bertz CT molecular complexity index is 1520. The normalized spacial score (nSPS) is 17.1. The Morgan fingerprint density at radius 3 is 2.70 bits per heavy atom. The minimum Gasteiger partial charge on any atom is -0.378 e. The Morgan fingerprint density at radius 1 is 0.973 bits per heavy atom. The zero-order chi connectivity index (χ0) is 24.6. The van der Waals surface area contributed by atoms with Gasteiger partial charge in [-0.25, -0.2) is 15.0 Å². The molecule has 2 N–H and O–H groups in total. The largest absolute Gasteiger partial charge is 0.378 e. The molecule has 188 valence electrons. The van der Waals surface area contributed by atoms with Gasteiger partial charge in [0.25, 0.3) is 0 Å². The maximum Gasteiger partial charge on any atom is 0.162 e. The fourth-order valence-corrected chi connectivity index (χ4v) is 6.40. The first-order valence-corrected chi connectivity index (χ1v) is 13.6. The average Bonchev–Trinajstić information content (AvgIpc) is 3.61. The molecule has 6 heterocycles. The summed E-state index contributed by atoms with van der Waals surface area (Å²) >= 11 is 1.81. The number of fused-ring (bicyclic) bond motifs is 2. The van der Waals surface area contributed by atoms with Crippen LogP contribution in [0.25, 0.3) is 32.5 Å². The molecule has 2 fully saturated rings. The second kappa shape index (κ2) is 9.60. The molecule has 0 amide bonds. The molecule has 0 aliphatic carbocycles. The van der Waals surface area contributed by atoms with Gasteiger partial charge in [0, 0.05) is 49.4 Å². The van der Waals surface area contributed by atoms with Crippen molar-refractivity contribution < 1.29 is 4.74 Å². The fourth-order valence-electron chi connectivity index (χ4n) is 5.23. The smallest absolute Gasteiger partial charge is 0.162 e. The van der Waals surface area contributed by atoms with E-state index in [-0.39, 0.29) is 0 Å². The van der Waals surface area contributed by atoms with E-state index in [4.69, 9.17) is 14.7 Å². The van der Waals surface area contributed by atoms with Crippen molar-refractivity contribution >= 4 is 49.1 Å². The molecule has 0 atom stereocenters. The highest BCUT2D eigenvalue weighted by Crippen LogP contribution is 2.40. The quantitative estimate of drug-likeness (QED) is 0.354. The van der Waals surface area contributed by atoms with E-state index in [0.717, 1.165) is 83.2 Å². The summed E-state index contributed by atoms with van der Waals surface area (Å²) in [5, 5.41) is 13.2. The van der Waals surface area contributed by atoms with Gasteiger partial charge in [0.05, 0.1) is 40.1 Å². The average molecular weight is 513 g/mol. The van der Waals surface area contributed by atoms with Crippen LogP contribution in [-0.4, -0.2) is 70.6 Å². The molecule has 4 aromatic heterocycles. The van der Waals surface area contributed by atoms with E-state index in [9.17, 15) is 0 Å². The number of aromatic nitrogens is 5. The van der Waals surface area contributed by atoms with Gasteiger partial charge in [-0.3, -0.25) is 5.10 Å². The molecule has 0 saturated carbocycles. The molecule has 10 heteroatoms. The highest BCUT2D eigenvalue weighted by atomic mass is 32.1. The summed E-state index contributed by atoms with van der Waals surface area (Å²) in [5.41, 5.74) is 2.99. The van der Waals surface area contributed by atoms with Crippen LogP contribution in [0, 0.1) is 0 Å². The molecule has 7 rings (SSSR count). The van der Waals surface area contributed by atoms with Crippen molar-refractivity contribution in [2.45, 2.75) is 18.9 Å². The highest BCUT2D eigenvalue weighted by molar-refractivity contribution is 7.23. The van der Waals surface area contributed by atoms with Gasteiger partial charge in [-0.1, -0.05) is 18.2 Å². The first-order chi connectivity index (χ1) is 18.3. The lowest BCUT2D eigenvalue weighted by atomic mass is 10.1. The lowest BCUT2D eigenvalue weighted by Crippen LogP contribution is -2.38. The Hall–Kier alpha value is -3.76. The summed E-state index contributed by atoms with van der Waals surface area (Å²) in [6, 6.07) is 14.8. The highest BCUT2D eigenvalue weighted by Gasteiger charge is 2.25. The third-order valence-electron chi connectivity index (χ3n) is 7.20. The third kappa shape index (κ3) is 4.36. The van der Waals surface area contributed by atoms with Gasteiger partial charge in [-0.2, -0.15) is 5.10 Å². The number of nitrogens with zero attached hydrogens (tertiary/aromatic N) is 6. The van der Waals surface area contributed by atoms with Gasteiger partial charge in [0.2, 0.25) is 0 Å². The standard InChI is InChI=1S/C27H28N8OS/c1-2-9-28-23(6-1)30-18-7-10-34(11-8-18)24-16-22-25(37-24)27(35-12-14-36-15-13-35)32-26(31-22)19-4-3-5-21-20(19)17-29-33-21/h1-6,9,16-18H,7-8,10-15H2,(H,28,30)(H,29,33). The van der Waals surface area contributed by atoms with Crippen LogP contribution in [0.15, 0.2) is 54.9 Å². The number of hydrogen-bond donors (Lipinski definition) is 2. The van der Waals surface area contributed by atoms with Gasteiger partial charge in [0.1, 0.15) is 5.82 Å². The van der Waals surface area contributed by atoms with E-state index in [1.807, 2.05) is 42.7 Å². The number of ether oxygens (including phenoxy) is 1. The minimum atomic E-state index is 0.436. The van der Waals surface area contributed by atoms with Crippen LogP contribution in [0.5, 0.6) is 0 Å². The van der Waals surface area contributed by atoms with Crippen LogP contribution in [0.2, 0.25) is 0 Å². The van der Waals surface area contributed by atoms with E-state index in [0.29, 0.717) is 19.3 Å². The van der Waals surface area contributed by atoms with Gasteiger partial charge < -0.3 is 19.9 Å². The molecular formula is C27H28N8OS. The van der Waals surface area contributed by atoms with Gasteiger partial charge in [0.15, 0.2) is 11.6 Å². The first kappa shape index (κ1) is 22.4. The summed E-state index contributed by atoms with van der Waals surface area (Å²) in [7, 11) is 0. The Balaban J connectivity index is 1.21. The monoisotopic (exact) mass is 512 g/mol. The maximum absolute atomic E-state index is 5.64. The molecule has 0 bridgehead atoms. The van der Waals surface area contributed by atoms with Crippen molar-refractivity contribution in [2.75, 3.05) is 54.5 Å². The third-order valence-corrected chi connectivity index (χ3v) is 8.38. The van der Waals surface area contributed by atoms with Crippen LogP contribution in [0.4, 0.5) is 16.6 Å². The molecule has 5 aromatic rings. The number of thiophene rings is 1. The molecule has 1 aromatic carbocycles. The van der Waals surface area contributed by atoms with Crippen LogP contribution in [-0.2, 0) is 4.74 Å². The van der Waals surface area contributed by atoms with Gasteiger partial charge >= 0.3 is 0 Å². The molecule has 0 radical (unpaired) electrons. The molecule has 37 heavy (non-hydrogen) atoms. The second-order valence-electron chi connectivity index (χ2n) is 9.53. The molecule has 0 unspecified atom stereocenters. The molecule has 9 nitrogen and oxygen atoms in total. The Kier molecular flexibility index (Phi) is 5.82. The Labute approximate surface area is 218 Å². The number of benzene rings is 1. The molecule has 0 spiro atoms. The molecule has 2 saturated heterocycles. The first-order valence-electron chi connectivity index (χ1n) is 12.8. The van der Waals surface area contributed by atoms with E-state index in [2.05, 4.69) is 42.4 Å². The second-order valence-corrected chi connectivity index (χ2v) is 10.6. The van der Waals surface area contributed by atoms with Crippen LogP contribution < -0.4 is 15.1 Å². The lowest BCUT2D eigenvalue weighted by molar-refractivity contribution is 0.122. The van der Waals surface area contributed by atoms with Crippen molar-refractivity contribution in [1.29, 1.82) is 0 Å². The SMILES string of the molecule is c1ccc(NC2CCN(c3cc4nc(-c5cccc6[nH]ncc56)nc(N5CCOCC5)c4s3)CC2)nc1. The summed E-state index contributed by atoms with van der Waals surface area (Å²) < 4.78 is 6.78. The zero-order valence-corrected chi connectivity index (χ0v) is 21.2. The predicted molar refractivity (Wildman–Crippen MR) is 149 cm³/mol. The number of pyridine rings is 1. The predicted octanol–water partition coefficient (Wildman–Crippen LogP) is 4.55. The Morgan fingerprint density at radius 2 is 1.86 bits per heavy atom. The van der Waals surface area contributed by atoms with Crippen LogP contribution in [0.3, 0.4) is 0 Å². The number of anilines is 3. The van der Waals surface area contributed by atoms with Crippen molar-refractivity contribution in [1.82, 2.24) is 25.1 Å². The number of aromatic amines is 1. The maximum atomic E-state index is 5.64. The van der Waals surface area contributed by atoms with E-state index in [1.165, 1.54) is 5.00 Å². The van der Waals surface area contributed by atoms with Crippen LogP contribution >= 0.6 is 11.3 Å². The van der Waals surface area contributed by atoms with Gasteiger partial charge in [-0.05, 0) is 37.1 Å². The van der Waals surface area contributed by atoms with E-state index in [1.54, 1.807) is 11.3 Å². The fraction of sp³-hybridized carbons (Fsp3) is 0.333. The van der Waals surface area contributed by atoms with Gasteiger partial charge in [-0.15, -0.1) is 11.3 Å². The van der Waals surface area contributed by atoms with Crippen molar-refractivity contribution in [3.63, 3.8) is 0 Å². The van der Waals surface area contributed by atoms with Crippen molar-refractivity contribution in [3.8, 4) is 11.4 Å². The van der Waals surface area contributed by atoms with Crippen LogP contribution in [0.1, 0.15) is 12.8 Å². The van der Waals surface area contributed by atoms with E-state index >= 15 is 0 Å². The minimum absolute atomic E-state index is 0.436. The van der Waals surface area contributed by atoms with Crippen molar-refractivity contribution in [3.05, 3.63) is 54.9 Å². The summed E-state index contributed by atoms with van der Waals surface area (Å²) in [4.78, 5) is 19.5. The zero-order valence-electron chi connectivity index (χ0n) is 20.4. The number of piperidine rings is 1. The molecule has 2 aliphatic heterocycles. The number of H-pyrrole nitrogens is 1. The molecular weight excluding hydrogens is 484 g/mol. The number of nitrogens with one attached hydrogen (secondary N) is 2. The van der Waals surface area contributed by atoms with E-state index < -0.39 is 0 Å². The summed E-state index contributed by atoms with van der Waals surface area (Å²) in [6.45, 7) is 5.09. The topological polar surface area (TPSA) is 95.1 Å². The molecule has 2 aliphatic rings. The number of hydrogen-bond acceptors (Lipinski definition) is 9. The lowest BCUT2D eigenvalue weighted by Gasteiger charge is -2.33. The summed E-state index contributed by atoms with van der Waals surface area (Å²) in [6.07, 6.45) is 5.83.